The van der Waals surface area contributed by atoms with Gasteiger partial charge in [0.2, 0.25) is 5.91 Å². The summed E-state index contributed by atoms with van der Waals surface area (Å²) in [5.41, 5.74) is -0.815. The zero-order chi connectivity index (χ0) is 14.3. The second-order valence-electron chi connectivity index (χ2n) is 5.47. The zero-order valence-corrected chi connectivity index (χ0v) is 12.0. The summed E-state index contributed by atoms with van der Waals surface area (Å²) in [5, 5.41) is 15.3. The fourth-order valence-electron chi connectivity index (χ4n) is 2.53. The van der Waals surface area contributed by atoms with E-state index in [2.05, 4.69) is 10.6 Å². The average Bonchev–Trinajstić information content (AvgIpc) is 2.91. The largest absolute Gasteiger partial charge is 0.481 e. The van der Waals surface area contributed by atoms with Gasteiger partial charge in [-0.3, -0.25) is 9.59 Å². The third-order valence-electron chi connectivity index (χ3n) is 4.37. The molecule has 1 rings (SSSR count). The molecular formula is C14H26N2O3. The Morgan fingerprint density at radius 3 is 2.53 bits per heavy atom. The highest BCUT2D eigenvalue weighted by Crippen LogP contribution is 2.25. The molecular weight excluding hydrogens is 244 g/mol. The van der Waals surface area contributed by atoms with Crippen LogP contribution in [-0.2, 0) is 9.59 Å². The molecule has 0 spiro atoms. The SMILES string of the molecule is CCC(CC)(CNC(=O)CCC1CCNC1)C(=O)O. The minimum Gasteiger partial charge on any atom is -0.481 e. The lowest BCUT2D eigenvalue weighted by atomic mass is 9.82. The number of carbonyl (C=O) groups is 2. The van der Waals surface area contributed by atoms with Crippen molar-refractivity contribution in [2.24, 2.45) is 11.3 Å². The number of carboxylic acids is 1. The topological polar surface area (TPSA) is 78.4 Å². The van der Waals surface area contributed by atoms with E-state index < -0.39 is 11.4 Å². The van der Waals surface area contributed by atoms with Crippen molar-refractivity contribution >= 4 is 11.9 Å². The number of carbonyl (C=O) groups excluding carboxylic acids is 1. The number of hydrogen-bond donors (Lipinski definition) is 3. The summed E-state index contributed by atoms with van der Waals surface area (Å²) in [6.45, 7) is 5.98. The van der Waals surface area contributed by atoms with Crippen LogP contribution in [0.1, 0.15) is 46.0 Å². The molecule has 0 saturated carbocycles. The van der Waals surface area contributed by atoms with Crippen LogP contribution in [0.2, 0.25) is 0 Å². The molecule has 0 aromatic rings. The van der Waals surface area contributed by atoms with E-state index >= 15 is 0 Å². The van der Waals surface area contributed by atoms with Crippen molar-refractivity contribution in [1.82, 2.24) is 10.6 Å². The first-order valence-electron chi connectivity index (χ1n) is 7.25. The molecule has 19 heavy (non-hydrogen) atoms. The lowest BCUT2D eigenvalue weighted by Gasteiger charge is -2.26. The summed E-state index contributed by atoms with van der Waals surface area (Å²) in [5.74, 6) is -0.260. The number of carboxylic acid groups (broad SMARTS) is 1. The van der Waals surface area contributed by atoms with Crippen LogP contribution in [0, 0.1) is 11.3 Å². The number of nitrogens with one attached hydrogen (secondary N) is 2. The molecule has 110 valence electrons. The van der Waals surface area contributed by atoms with Crippen molar-refractivity contribution in [3.8, 4) is 0 Å². The lowest BCUT2D eigenvalue weighted by Crippen LogP contribution is -2.42. The first-order chi connectivity index (χ1) is 9.04. The van der Waals surface area contributed by atoms with E-state index in [0.717, 1.165) is 25.9 Å². The van der Waals surface area contributed by atoms with Crippen LogP contribution in [0.15, 0.2) is 0 Å². The van der Waals surface area contributed by atoms with Gasteiger partial charge in [0, 0.05) is 13.0 Å². The summed E-state index contributed by atoms with van der Waals surface area (Å²) >= 11 is 0. The normalized spacial score (nSPS) is 19.4. The summed E-state index contributed by atoms with van der Waals surface area (Å²) in [7, 11) is 0. The van der Waals surface area contributed by atoms with Gasteiger partial charge in [0.1, 0.15) is 0 Å². The van der Waals surface area contributed by atoms with Gasteiger partial charge in [0.15, 0.2) is 0 Å². The molecule has 1 heterocycles. The molecule has 1 aliphatic rings. The predicted octanol–water partition coefficient (Wildman–Crippen LogP) is 1.38. The number of aliphatic carboxylic acids is 1. The highest BCUT2D eigenvalue weighted by Gasteiger charge is 2.35. The van der Waals surface area contributed by atoms with Gasteiger partial charge in [-0.25, -0.2) is 0 Å². The summed E-state index contributed by atoms with van der Waals surface area (Å²) in [4.78, 5) is 23.1. The molecule has 1 unspecified atom stereocenters. The number of hydrogen-bond acceptors (Lipinski definition) is 3. The summed E-state index contributed by atoms with van der Waals surface area (Å²) < 4.78 is 0. The molecule has 0 aromatic heterocycles. The van der Waals surface area contributed by atoms with Gasteiger partial charge in [-0.1, -0.05) is 13.8 Å². The fraction of sp³-hybridized carbons (Fsp3) is 0.857. The number of rotatable bonds is 8. The average molecular weight is 270 g/mol. The standard InChI is InChI=1S/C14H26N2O3/c1-3-14(4-2,13(18)19)10-16-12(17)6-5-11-7-8-15-9-11/h11,15H,3-10H2,1-2H3,(H,16,17)(H,18,19). The van der Waals surface area contributed by atoms with Crippen LogP contribution in [0.25, 0.3) is 0 Å². The Balaban J connectivity index is 2.32. The second kappa shape index (κ2) is 7.48. The van der Waals surface area contributed by atoms with E-state index in [-0.39, 0.29) is 12.5 Å². The molecule has 0 aromatic carbocycles. The minimum atomic E-state index is -0.821. The van der Waals surface area contributed by atoms with Crippen molar-refractivity contribution < 1.29 is 14.7 Å². The monoisotopic (exact) mass is 270 g/mol. The Morgan fingerprint density at radius 2 is 2.05 bits per heavy atom. The quantitative estimate of drug-likeness (QED) is 0.622. The van der Waals surface area contributed by atoms with E-state index in [1.165, 1.54) is 0 Å². The third-order valence-corrected chi connectivity index (χ3v) is 4.37. The van der Waals surface area contributed by atoms with Crippen LogP contribution in [0.3, 0.4) is 0 Å². The van der Waals surface area contributed by atoms with Crippen molar-refractivity contribution in [1.29, 1.82) is 0 Å². The van der Waals surface area contributed by atoms with Crippen LogP contribution >= 0.6 is 0 Å². The molecule has 1 amide bonds. The zero-order valence-electron chi connectivity index (χ0n) is 12.0. The molecule has 0 radical (unpaired) electrons. The van der Waals surface area contributed by atoms with E-state index in [9.17, 15) is 14.7 Å². The summed E-state index contributed by atoms with van der Waals surface area (Å²) in [6, 6.07) is 0. The number of amides is 1. The van der Waals surface area contributed by atoms with Crippen LogP contribution in [0.5, 0.6) is 0 Å². The Bertz CT molecular complexity index is 308. The molecule has 1 saturated heterocycles. The molecule has 1 aliphatic heterocycles. The maximum atomic E-state index is 11.8. The van der Waals surface area contributed by atoms with Crippen molar-refractivity contribution in [2.45, 2.75) is 46.0 Å². The Morgan fingerprint density at radius 1 is 1.37 bits per heavy atom. The smallest absolute Gasteiger partial charge is 0.311 e. The molecule has 1 fully saturated rings. The van der Waals surface area contributed by atoms with Crippen LogP contribution in [0.4, 0.5) is 0 Å². The first kappa shape index (κ1) is 16.0. The second-order valence-corrected chi connectivity index (χ2v) is 5.47. The Hall–Kier alpha value is -1.10. The maximum absolute atomic E-state index is 11.8. The molecule has 1 atom stereocenters. The highest BCUT2D eigenvalue weighted by atomic mass is 16.4. The van der Waals surface area contributed by atoms with Crippen molar-refractivity contribution in [2.75, 3.05) is 19.6 Å². The molecule has 0 bridgehead atoms. The van der Waals surface area contributed by atoms with Gasteiger partial charge in [-0.05, 0) is 44.7 Å². The van der Waals surface area contributed by atoms with E-state index in [1.54, 1.807) is 0 Å². The van der Waals surface area contributed by atoms with E-state index in [0.29, 0.717) is 25.2 Å². The van der Waals surface area contributed by atoms with Gasteiger partial charge in [0.05, 0.1) is 5.41 Å². The Kier molecular flexibility index (Phi) is 6.28. The first-order valence-corrected chi connectivity index (χ1v) is 7.25. The third kappa shape index (κ3) is 4.49. The van der Waals surface area contributed by atoms with Gasteiger partial charge in [0.25, 0.3) is 0 Å². The van der Waals surface area contributed by atoms with Crippen LogP contribution in [-0.4, -0.2) is 36.6 Å². The van der Waals surface area contributed by atoms with Crippen molar-refractivity contribution in [3.05, 3.63) is 0 Å². The lowest BCUT2D eigenvalue weighted by molar-refractivity contribution is -0.149. The Labute approximate surface area is 115 Å². The van der Waals surface area contributed by atoms with Crippen LogP contribution < -0.4 is 10.6 Å². The van der Waals surface area contributed by atoms with Gasteiger partial charge >= 0.3 is 5.97 Å². The van der Waals surface area contributed by atoms with Gasteiger partial charge < -0.3 is 15.7 Å². The molecule has 5 nitrogen and oxygen atoms in total. The minimum absolute atomic E-state index is 0.0283. The fourth-order valence-corrected chi connectivity index (χ4v) is 2.53. The summed E-state index contributed by atoms with van der Waals surface area (Å²) in [6.07, 6.45) is 3.58. The van der Waals surface area contributed by atoms with Crippen molar-refractivity contribution in [3.63, 3.8) is 0 Å². The molecule has 5 heteroatoms. The molecule has 0 aliphatic carbocycles. The van der Waals surface area contributed by atoms with Gasteiger partial charge in [-0.15, -0.1) is 0 Å². The van der Waals surface area contributed by atoms with Gasteiger partial charge in [-0.2, -0.15) is 0 Å². The predicted molar refractivity (Wildman–Crippen MR) is 73.9 cm³/mol. The van der Waals surface area contributed by atoms with E-state index in [4.69, 9.17) is 0 Å². The van der Waals surface area contributed by atoms with E-state index in [1.807, 2.05) is 13.8 Å². The highest BCUT2D eigenvalue weighted by molar-refractivity contribution is 5.79. The maximum Gasteiger partial charge on any atom is 0.311 e. The molecule has 3 N–H and O–H groups in total.